The third kappa shape index (κ3) is 5.55. The van der Waals surface area contributed by atoms with Gasteiger partial charge in [-0.05, 0) is 79.4 Å². The molecule has 0 spiro atoms. The van der Waals surface area contributed by atoms with Crippen molar-refractivity contribution in [2.75, 3.05) is 13.7 Å². The minimum absolute atomic E-state index is 0.137. The summed E-state index contributed by atoms with van der Waals surface area (Å²) in [6.45, 7) is 2.19. The molecular formula is C30H32BNO8. The molecule has 40 heavy (non-hydrogen) atoms. The molecule has 2 fully saturated rings. The summed E-state index contributed by atoms with van der Waals surface area (Å²) in [5.41, 5.74) is 3.74. The molecule has 9 nitrogen and oxygen atoms in total. The molecule has 2 N–H and O–H groups in total. The molecule has 208 valence electrons. The summed E-state index contributed by atoms with van der Waals surface area (Å²) in [5.74, 6) is -2.31. The lowest BCUT2D eigenvalue weighted by Crippen LogP contribution is -2.46. The van der Waals surface area contributed by atoms with Crippen molar-refractivity contribution in [1.82, 2.24) is 4.90 Å². The van der Waals surface area contributed by atoms with Crippen LogP contribution >= 0.6 is 0 Å². The average Bonchev–Trinajstić information content (AvgIpc) is 3.20. The molecule has 2 saturated heterocycles. The quantitative estimate of drug-likeness (QED) is 0.301. The second-order valence-corrected chi connectivity index (χ2v) is 10.5. The van der Waals surface area contributed by atoms with Gasteiger partial charge >= 0.3 is 13.2 Å². The number of allylic oxidation sites excluding steroid dienone is 1. The van der Waals surface area contributed by atoms with Crippen LogP contribution < -0.4 is 4.74 Å². The van der Waals surface area contributed by atoms with Crippen LogP contribution in [0, 0.1) is 17.8 Å². The van der Waals surface area contributed by atoms with Gasteiger partial charge in [-0.15, -0.1) is 0 Å². The highest BCUT2D eigenvalue weighted by atomic mass is 16.5. The van der Waals surface area contributed by atoms with Gasteiger partial charge in [-0.2, -0.15) is 4.90 Å². The predicted octanol–water partition coefficient (Wildman–Crippen LogP) is 4.22. The zero-order chi connectivity index (χ0) is 28.4. The van der Waals surface area contributed by atoms with Gasteiger partial charge in [0.1, 0.15) is 18.1 Å². The Kier molecular flexibility index (Phi) is 8.09. The Bertz CT molecular complexity index is 1340. The third-order valence-corrected chi connectivity index (χ3v) is 7.93. The Hall–Kier alpha value is -3.89. The number of phenolic OH excluding ortho intramolecular Hbond substituents is 1. The molecule has 2 aromatic rings. The summed E-state index contributed by atoms with van der Waals surface area (Å²) in [5, 5.41) is 20.3. The lowest BCUT2D eigenvalue weighted by Gasteiger charge is -2.43. The van der Waals surface area contributed by atoms with E-state index in [9.17, 15) is 24.5 Å². The number of nitrogens with zero attached hydrogens (tertiary/aromatic N) is 1. The van der Waals surface area contributed by atoms with Crippen molar-refractivity contribution < 1.29 is 38.6 Å². The Morgan fingerprint density at radius 1 is 1.10 bits per heavy atom. The maximum atomic E-state index is 13.4. The molecule has 0 saturated carbocycles. The molecule has 0 unspecified atom stereocenters. The second kappa shape index (κ2) is 11.7. The fraction of sp³-hybridized carbons (Fsp3) is 0.367. The summed E-state index contributed by atoms with van der Waals surface area (Å²) in [6.07, 6.45) is 2.11. The maximum Gasteiger partial charge on any atom is 0.455 e. The van der Waals surface area contributed by atoms with E-state index in [0.29, 0.717) is 23.5 Å². The van der Waals surface area contributed by atoms with Crippen molar-refractivity contribution >= 4 is 31.1 Å². The Morgan fingerprint density at radius 2 is 1.82 bits per heavy atom. The lowest BCUT2D eigenvalue weighted by atomic mass is 9.58. The summed E-state index contributed by atoms with van der Waals surface area (Å²) < 4.78 is 16.8. The molecule has 0 bridgehead atoms. The maximum absolute atomic E-state index is 13.4. The molecule has 0 aromatic heterocycles. The summed E-state index contributed by atoms with van der Waals surface area (Å²) in [6, 6.07) is 16.2. The smallest absolute Gasteiger partial charge is 0.455 e. The number of rotatable bonds is 7. The van der Waals surface area contributed by atoms with E-state index in [-0.39, 0.29) is 25.1 Å². The molecule has 3 aliphatic rings. The van der Waals surface area contributed by atoms with Gasteiger partial charge in [-0.1, -0.05) is 42.0 Å². The highest BCUT2D eigenvalue weighted by molar-refractivity contribution is 6.43. The largest absolute Gasteiger partial charge is 0.508 e. The minimum Gasteiger partial charge on any atom is -0.508 e. The number of amides is 3. The first-order valence-electron chi connectivity index (χ1n) is 13.4. The van der Waals surface area contributed by atoms with Crippen molar-refractivity contribution in [3.8, 4) is 11.5 Å². The number of imide groups is 3. The summed E-state index contributed by atoms with van der Waals surface area (Å²) >= 11 is 0. The van der Waals surface area contributed by atoms with E-state index in [1.54, 1.807) is 12.1 Å². The molecule has 2 heterocycles. The normalized spacial score (nSPS) is 24.6. The monoisotopic (exact) mass is 545 g/mol. The number of fused-ring (bicyclic) bond motifs is 3. The van der Waals surface area contributed by atoms with Crippen LogP contribution in [0.2, 0.25) is 6.32 Å². The fourth-order valence-corrected chi connectivity index (χ4v) is 6.14. The van der Waals surface area contributed by atoms with Crippen LogP contribution in [0.3, 0.4) is 0 Å². The van der Waals surface area contributed by atoms with Crippen LogP contribution in [0.1, 0.15) is 31.7 Å². The number of hydrogen-bond acceptors (Lipinski definition) is 8. The summed E-state index contributed by atoms with van der Waals surface area (Å²) in [4.78, 5) is 39.6. The van der Waals surface area contributed by atoms with Gasteiger partial charge in [0.05, 0.1) is 25.0 Å². The molecule has 10 heteroatoms. The number of ether oxygens (including phenoxy) is 2. The van der Waals surface area contributed by atoms with E-state index in [4.69, 9.17) is 14.1 Å². The number of phenols is 1. The van der Waals surface area contributed by atoms with Crippen molar-refractivity contribution in [3.63, 3.8) is 0 Å². The zero-order valence-electron chi connectivity index (χ0n) is 22.5. The second-order valence-electron chi connectivity index (χ2n) is 10.5. The Labute approximate surface area is 233 Å². The van der Waals surface area contributed by atoms with E-state index in [1.165, 1.54) is 0 Å². The predicted molar refractivity (Wildman–Crippen MR) is 147 cm³/mol. The number of benzene rings is 2. The third-order valence-electron chi connectivity index (χ3n) is 7.93. The van der Waals surface area contributed by atoms with Crippen molar-refractivity contribution in [2.45, 2.75) is 38.6 Å². The van der Waals surface area contributed by atoms with Gasteiger partial charge in [0.15, 0.2) is 0 Å². The number of hydrogen-bond donors (Lipinski definition) is 2. The lowest BCUT2D eigenvalue weighted by molar-refractivity contribution is -0.137. The SMILES string of the molecule is COC(=O)N1C(=O)[C@@H]2[C@@H](CC(COc3ccccc3)=C3[C@@H](CC/C(C)=C/c4ccc(O)cc4)OB(O)C[C@@H]32)C1=O. The summed E-state index contributed by atoms with van der Waals surface area (Å²) in [7, 11) is 0.0147. The van der Waals surface area contributed by atoms with Crippen LogP contribution in [-0.4, -0.2) is 59.9 Å². The average molecular weight is 545 g/mol. The van der Waals surface area contributed by atoms with Gasteiger partial charge in [0.2, 0.25) is 11.8 Å². The molecule has 4 atom stereocenters. The number of aromatic hydroxyl groups is 1. The first-order valence-corrected chi connectivity index (χ1v) is 13.4. The minimum atomic E-state index is -1.12. The molecule has 1 aliphatic carbocycles. The first-order chi connectivity index (χ1) is 19.3. The van der Waals surface area contributed by atoms with Crippen LogP contribution in [0.25, 0.3) is 6.08 Å². The van der Waals surface area contributed by atoms with Gasteiger partial charge in [0, 0.05) is 0 Å². The number of carbonyl (C=O) groups is 3. The van der Waals surface area contributed by atoms with E-state index in [1.807, 2.05) is 55.5 Å². The Morgan fingerprint density at radius 3 is 2.52 bits per heavy atom. The topological polar surface area (TPSA) is 123 Å². The van der Waals surface area contributed by atoms with Crippen molar-refractivity contribution in [3.05, 3.63) is 76.9 Å². The van der Waals surface area contributed by atoms with Crippen LogP contribution in [0.15, 0.2) is 71.3 Å². The van der Waals surface area contributed by atoms with E-state index < -0.39 is 48.9 Å². The van der Waals surface area contributed by atoms with E-state index in [2.05, 4.69) is 0 Å². The number of methoxy groups -OCH3 is 1. The molecule has 2 aromatic carbocycles. The molecule has 3 amide bonds. The standard InChI is InChI=1S/C30H32BNO8/c1-18(14-19-9-11-21(33)12-10-19)8-13-25-26-20(17-39-22-6-4-3-5-7-22)15-23-27(24(26)16-31(37)40-25)29(35)32(28(23)34)30(36)38-2/h3-7,9-12,14,23-25,27,33,37H,8,13,15-17H2,1-2H3/b18-14+/t23-,24+,25-,27-/m1/s1. The van der Waals surface area contributed by atoms with Crippen LogP contribution in [0.5, 0.6) is 11.5 Å². The number of likely N-dealkylation sites (tertiary alicyclic amines) is 1. The fourth-order valence-electron chi connectivity index (χ4n) is 6.14. The van der Waals surface area contributed by atoms with Gasteiger partial charge in [-0.3, -0.25) is 9.59 Å². The molecule has 5 rings (SSSR count). The molecule has 2 aliphatic heterocycles. The van der Waals surface area contributed by atoms with Gasteiger partial charge < -0.3 is 24.3 Å². The number of carbonyl (C=O) groups excluding carboxylic acids is 3. The van der Waals surface area contributed by atoms with Gasteiger partial charge in [-0.25, -0.2) is 4.79 Å². The van der Waals surface area contributed by atoms with Crippen molar-refractivity contribution in [2.24, 2.45) is 17.8 Å². The number of para-hydroxylation sites is 1. The first kappa shape index (κ1) is 27.7. The molecule has 0 radical (unpaired) electrons. The molecular weight excluding hydrogens is 513 g/mol. The van der Waals surface area contributed by atoms with E-state index in [0.717, 1.165) is 29.4 Å². The van der Waals surface area contributed by atoms with Gasteiger partial charge in [0.25, 0.3) is 0 Å². The zero-order valence-corrected chi connectivity index (χ0v) is 22.5. The van der Waals surface area contributed by atoms with Crippen LogP contribution in [-0.2, 0) is 19.0 Å². The van der Waals surface area contributed by atoms with Crippen molar-refractivity contribution in [1.29, 1.82) is 0 Å². The Balaban J connectivity index is 1.45. The van der Waals surface area contributed by atoms with Crippen LogP contribution in [0.4, 0.5) is 4.79 Å². The van der Waals surface area contributed by atoms with E-state index >= 15 is 0 Å². The highest BCUT2D eigenvalue weighted by Crippen LogP contribution is 2.50. The highest BCUT2D eigenvalue weighted by Gasteiger charge is 2.59.